The molecule has 0 aliphatic heterocycles. The highest BCUT2D eigenvalue weighted by molar-refractivity contribution is 6.02. The van der Waals surface area contributed by atoms with Crippen molar-refractivity contribution in [3.63, 3.8) is 0 Å². The molecule has 20 heavy (non-hydrogen) atoms. The van der Waals surface area contributed by atoms with Gasteiger partial charge in [0.15, 0.2) is 0 Å². The van der Waals surface area contributed by atoms with Gasteiger partial charge in [-0.05, 0) is 12.1 Å². The van der Waals surface area contributed by atoms with Crippen molar-refractivity contribution < 1.29 is 4.79 Å². The Balaban J connectivity index is 1.90. The standard InChI is InChI=1S/C11H10N8O/c12-11-15-9(16-17-11)10(20)14-7-3-1-2-4-8(7)19-6-5-13-18-19/h1-6H,(H,14,20)(H3,12,15,16,17). The number of anilines is 2. The molecule has 2 aromatic heterocycles. The molecule has 0 aliphatic carbocycles. The summed E-state index contributed by atoms with van der Waals surface area (Å²) in [6.07, 6.45) is 3.23. The summed E-state index contributed by atoms with van der Waals surface area (Å²) in [4.78, 5) is 15.8. The van der Waals surface area contributed by atoms with E-state index >= 15 is 0 Å². The Hall–Kier alpha value is -3.23. The van der Waals surface area contributed by atoms with E-state index in [4.69, 9.17) is 5.73 Å². The number of H-pyrrole nitrogens is 1. The van der Waals surface area contributed by atoms with Crippen molar-refractivity contribution in [2.45, 2.75) is 0 Å². The average Bonchev–Trinajstić information content (AvgIpc) is 3.10. The van der Waals surface area contributed by atoms with E-state index in [1.165, 1.54) is 0 Å². The Morgan fingerprint density at radius 1 is 1.35 bits per heavy atom. The second kappa shape index (κ2) is 4.80. The number of nitrogens with zero attached hydrogens (tertiary/aromatic N) is 5. The SMILES string of the molecule is Nc1n[nH]c(C(=O)Nc2ccccc2-n2ccnn2)n1. The maximum Gasteiger partial charge on any atom is 0.293 e. The average molecular weight is 270 g/mol. The van der Waals surface area contributed by atoms with E-state index in [-0.39, 0.29) is 11.8 Å². The number of nitrogens with one attached hydrogen (secondary N) is 2. The molecule has 0 saturated heterocycles. The molecular formula is C11H10N8O. The molecule has 1 amide bonds. The molecule has 3 aromatic rings. The van der Waals surface area contributed by atoms with Gasteiger partial charge in [0, 0.05) is 0 Å². The van der Waals surface area contributed by atoms with Gasteiger partial charge in [-0.25, -0.2) is 4.68 Å². The number of carbonyl (C=O) groups excluding carboxylic acids is 1. The molecule has 0 atom stereocenters. The summed E-state index contributed by atoms with van der Waals surface area (Å²) >= 11 is 0. The highest BCUT2D eigenvalue weighted by Crippen LogP contribution is 2.19. The van der Waals surface area contributed by atoms with Crippen LogP contribution in [0.2, 0.25) is 0 Å². The van der Waals surface area contributed by atoms with Gasteiger partial charge in [-0.3, -0.25) is 9.89 Å². The molecule has 0 saturated carbocycles. The molecule has 100 valence electrons. The number of hydrogen-bond donors (Lipinski definition) is 3. The third-order valence-corrected chi connectivity index (χ3v) is 2.54. The van der Waals surface area contributed by atoms with E-state index < -0.39 is 5.91 Å². The zero-order valence-corrected chi connectivity index (χ0v) is 10.2. The van der Waals surface area contributed by atoms with Crippen LogP contribution in [0.15, 0.2) is 36.7 Å². The Morgan fingerprint density at radius 3 is 2.90 bits per heavy atom. The van der Waals surface area contributed by atoms with Crippen LogP contribution in [0.5, 0.6) is 0 Å². The number of nitrogen functional groups attached to an aromatic ring is 1. The molecule has 9 nitrogen and oxygen atoms in total. The second-order valence-electron chi connectivity index (χ2n) is 3.86. The fraction of sp³-hybridized carbons (Fsp3) is 0. The lowest BCUT2D eigenvalue weighted by atomic mass is 10.2. The van der Waals surface area contributed by atoms with E-state index in [2.05, 4.69) is 30.8 Å². The predicted molar refractivity (Wildman–Crippen MR) is 70.1 cm³/mol. The van der Waals surface area contributed by atoms with Gasteiger partial charge in [-0.2, -0.15) is 4.98 Å². The highest BCUT2D eigenvalue weighted by Gasteiger charge is 2.13. The summed E-state index contributed by atoms with van der Waals surface area (Å²) in [6.45, 7) is 0. The summed E-state index contributed by atoms with van der Waals surface area (Å²) in [5, 5.41) is 16.4. The third kappa shape index (κ3) is 2.19. The number of benzene rings is 1. The quantitative estimate of drug-likeness (QED) is 0.624. The summed E-state index contributed by atoms with van der Waals surface area (Å²) in [7, 11) is 0. The first-order valence-corrected chi connectivity index (χ1v) is 5.69. The van der Waals surface area contributed by atoms with Gasteiger partial charge in [0.2, 0.25) is 11.8 Å². The molecule has 3 rings (SSSR count). The third-order valence-electron chi connectivity index (χ3n) is 2.54. The van der Waals surface area contributed by atoms with Crippen molar-refractivity contribution in [3.8, 4) is 5.69 Å². The van der Waals surface area contributed by atoms with E-state index in [9.17, 15) is 4.79 Å². The molecular weight excluding hydrogens is 260 g/mol. The molecule has 0 aliphatic rings. The van der Waals surface area contributed by atoms with E-state index in [0.717, 1.165) is 0 Å². The normalized spacial score (nSPS) is 10.4. The Labute approximate surface area is 112 Å². The first-order valence-electron chi connectivity index (χ1n) is 5.69. The molecule has 1 aromatic carbocycles. The van der Waals surface area contributed by atoms with Crippen LogP contribution in [0.3, 0.4) is 0 Å². The molecule has 0 fully saturated rings. The van der Waals surface area contributed by atoms with Gasteiger partial charge in [-0.1, -0.05) is 17.3 Å². The zero-order valence-electron chi connectivity index (χ0n) is 10.2. The lowest BCUT2D eigenvalue weighted by Gasteiger charge is -2.09. The van der Waals surface area contributed by atoms with Crippen LogP contribution in [0, 0.1) is 0 Å². The molecule has 0 radical (unpaired) electrons. The Kier molecular flexibility index (Phi) is 2.84. The van der Waals surface area contributed by atoms with Crippen LogP contribution < -0.4 is 11.1 Å². The van der Waals surface area contributed by atoms with Gasteiger partial charge in [0.05, 0.1) is 23.8 Å². The molecule has 0 spiro atoms. The number of nitrogens with two attached hydrogens (primary N) is 1. The first kappa shape index (κ1) is 11.8. The van der Waals surface area contributed by atoms with Crippen molar-refractivity contribution in [1.29, 1.82) is 0 Å². The van der Waals surface area contributed by atoms with Gasteiger partial charge in [0.1, 0.15) is 0 Å². The number of rotatable bonds is 3. The molecule has 9 heteroatoms. The van der Waals surface area contributed by atoms with E-state index in [1.54, 1.807) is 35.3 Å². The van der Waals surface area contributed by atoms with Gasteiger partial charge < -0.3 is 11.1 Å². The van der Waals surface area contributed by atoms with Crippen molar-refractivity contribution in [2.75, 3.05) is 11.1 Å². The second-order valence-corrected chi connectivity index (χ2v) is 3.86. The van der Waals surface area contributed by atoms with Crippen LogP contribution in [0.25, 0.3) is 5.69 Å². The molecule has 4 N–H and O–H groups in total. The topological polar surface area (TPSA) is 127 Å². The Bertz CT molecular complexity index is 732. The Morgan fingerprint density at radius 2 is 2.20 bits per heavy atom. The maximum atomic E-state index is 12.0. The summed E-state index contributed by atoms with van der Waals surface area (Å²) in [6, 6.07) is 7.18. The van der Waals surface area contributed by atoms with E-state index in [1.807, 2.05) is 6.07 Å². The van der Waals surface area contributed by atoms with Gasteiger partial charge >= 0.3 is 0 Å². The maximum absolute atomic E-state index is 12.0. The minimum absolute atomic E-state index is 0.0136. The van der Waals surface area contributed by atoms with Crippen molar-refractivity contribution in [1.82, 2.24) is 30.2 Å². The lowest BCUT2D eigenvalue weighted by molar-refractivity contribution is 0.101. The fourth-order valence-electron chi connectivity index (χ4n) is 1.67. The van der Waals surface area contributed by atoms with Crippen LogP contribution in [-0.2, 0) is 0 Å². The first-order chi connectivity index (χ1) is 9.74. The predicted octanol–water partition coefficient (Wildman–Crippen LogP) is 0.220. The van der Waals surface area contributed by atoms with Crippen LogP contribution in [-0.4, -0.2) is 36.1 Å². The smallest absolute Gasteiger partial charge is 0.293 e. The number of amides is 1. The number of hydrogen-bond acceptors (Lipinski definition) is 6. The number of para-hydroxylation sites is 2. The minimum Gasteiger partial charge on any atom is -0.366 e. The highest BCUT2D eigenvalue weighted by atomic mass is 16.2. The molecule has 2 heterocycles. The van der Waals surface area contributed by atoms with Crippen LogP contribution in [0.4, 0.5) is 11.6 Å². The van der Waals surface area contributed by atoms with Crippen LogP contribution >= 0.6 is 0 Å². The number of aromatic amines is 1. The van der Waals surface area contributed by atoms with Crippen molar-refractivity contribution in [2.24, 2.45) is 0 Å². The van der Waals surface area contributed by atoms with Gasteiger partial charge in [-0.15, -0.1) is 10.2 Å². The van der Waals surface area contributed by atoms with Crippen molar-refractivity contribution >= 4 is 17.5 Å². The fourth-order valence-corrected chi connectivity index (χ4v) is 1.67. The number of carbonyl (C=O) groups is 1. The van der Waals surface area contributed by atoms with Crippen LogP contribution in [0.1, 0.15) is 10.6 Å². The molecule has 0 bridgehead atoms. The summed E-state index contributed by atoms with van der Waals surface area (Å²) in [5.74, 6) is -0.391. The molecule has 0 unspecified atom stereocenters. The number of aromatic nitrogens is 6. The van der Waals surface area contributed by atoms with E-state index in [0.29, 0.717) is 11.4 Å². The monoisotopic (exact) mass is 270 g/mol. The minimum atomic E-state index is -0.443. The van der Waals surface area contributed by atoms with Crippen molar-refractivity contribution in [3.05, 3.63) is 42.5 Å². The largest absolute Gasteiger partial charge is 0.366 e. The lowest BCUT2D eigenvalue weighted by Crippen LogP contribution is -2.15. The zero-order chi connectivity index (χ0) is 13.9. The summed E-state index contributed by atoms with van der Waals surface area (Å²) in [5.41, 5.74) is 6.61. The van der Waals surface area contributed by atoms with Gasteiger partial charge in [0.25, 0.3) is 5.91 Å². The summed E-state index contributed by atoms with van der Waals surface area (Å²) < 4.78 is 1.55.